The Labute approximate surface area is 263 Å². The first-order valence-corrected chi connectivity index (χ1v) is 14.8. The Morgan fingerprint density at radius 3 is 1.84 bits per heavy atom. The van der Waals surface area contributed by atoms with E-state index in [2.05, 4.69) is 66.0 Å². The molecule has 6 heteroatoms. The molecule has 2 nitrogen and oxygen atoms in total. The molecule has 2 aromatic heterocycles. The fraction of sp³-hybridized carbons (Fsp3) is 0.0968. The first kappa shape index (κ1) is 33.0. The summed E-state index contributed by atoms with van der Waals surface area (Å²) in [7, 11) is -1.23. The van der Waals surface area contributed by atoms with E-state index in [4.69, 9.17) is 0 Å². The summed E-state index contributed by atoms with van der Waals surface area (Å²) < 4.78 is 0. The number of hydrogen-bond acceptors (Lipinski definition) is 2. The van der Waals surface area contributed by atoms with E-state index in [1.54, 1.807) is 6.20 Å². The van der Waals surface area contributed by atoms with Crippen molar-refractivity contribution < 1.29 is 52.8 Å². The summed E-state index contributed by atoms with van der Waals surface area (Å²) in [6.07, 6.45) is 3.79. The molecule has 2 heterocycles. The second kappa shape index (κ2) is 16.1. The van der Waals surface area contributed by atoms with Crippen LogP contribution in [0.3, 0.4) is 0 Å². The van der Waals surface area contributed by atoms with E-state index in [9.17, 15) is 0 Å². The van der Waals surface area contributed by atoms with Gasteiger partial charge in [-0.3, -0.25) is 23.3 Å². The molecule has 0 N–H and O–H groups in total. The second-order valence-electron chi connectivity index (χ2n) is 8.84. The molecular weight excluding hydrogens is 720 g/mol. The third-order valence-electron chi connectivity index (χ3n) is 5.27. The van der Waals surface area contributed by atoms with E-state index in [0.29, 0.717) is 0 Å². The molecule has 5 rings (SSSR count). The van der Waals surface area contributed by atoms with Crippen molar-refractivity contribution in [2.75, 3.05) is 0 Å². The van der Waals surface area contributed by atoms with E-state index >= 15 is 0 Å². The van der Waals surface area contributed by atoms with Gasteiger partial charge in [-0.05, 0) is 16.9 Å². The van der Waals surface area contributed by atoms with Gasteiger partial charge in [-0.15, -0.1) is 72.3 Å². The van der Waals surface area contributed by atoms with Crippen LogP contribution in [-0.2, 0) is 52.8 Å². The van der Waals surface area contributed by atoms with Crippen molar-refractivity contribution in [3.63, 3.8) is 0 Å². The molecule has 0 aliphatic carbocycles. The van der Waals surface area contributed by atoms with Crippen LogP contribution < -0.4 is 5.19 Å². The van der Waals surface area contributed by atoms with Gasteiger partial charge in [0, 0.05) is 73.6 Å². The summed E-state index contributed by atoms with van der Waals surface area (Å²) in [6.45, 7) is 7.00. The van der Waals surface area contributed by atoms with Gasteiger partial charge in [0.2, 0.25) is 0 Å². The van der Waals surface area contributed by atoms with Gasteiger partial charge >= 0.3 is 0 Å². The molecule has 0 aliphatic rings. The Hall–Kier alpha value is -2.00. The largest absolute Gasteiger partial charge is 0.352 e. The fourth-order valence-electron chi connectivity index (χ4n) is 3.34. The van der Waals surface area contributed by atoms with E-state index in [1.807, 2.05) is 85.1 Å². The zero-order chi connectivity index (χ0) is 23.8. The van der Waals surface area contributed by atoms with E-state index in [1.165, 1.54) is 5.19 Å². The molecular formula is C31H26BIrN2SiY-4. The first-order chi connectivity index (χ1) is 16.5. The van der Waals surface area contributed by atoms with Crippen molar-refractivity contribution >= 4 is 21.7 Å². The van der Waals surface area contributed by atoms with E-state index in [0.717, 1.165) is 33.6 Å². The zero-order valence-corrected chi connectivity index (χ0v) is 27.4. The third-order valence-corrected chi connectivity index (χ3v) is 7.30. The number of rotatable bonds is 4. The quantitative estimate of drug-likeness (QED) is 0.155. The summed E-state index contributed by atoms with van der Waals surface area (Å²) >= 11 is 0. The summed E-state index contributed by atoms with van der Waals surface area (Å²) in [4.78, 5) is 8.83. The van der Waals surface area contributed by atoms with Gasteiger partial charge in [0.1, 0.15) is 0 Å². The molecule has 0 amide bonds. The Bertz CT molecular complexity index is 1260. The predicted molar refractivity (Wildman–Crippen MR) is 149 cm³/mol. The summed E-state index contributed by atoms with van der Waals surface area (Å²) in [5, 5.41) is 1.40. The van der Waals surface area contributed by atoms with Crippen LogP contribution in [0.5, 0.6) is 0 Å². The smallest absolute Gasteiger partial charge is 0.0795 e. The molecule has 0 aliphatic heterocycles. The van der Waals surface area contributed by atoms with Crippen LogP contribution in [0.4, 0.5) is 0 Å². The molecule has 0 saturated carbocycles. The molecule has 5 aromatic rings. The average molecular weight is 747 g/mol. The summed E-state index contributed by atoms with van der Waals surface area (Å²) in [6, 6.07) is 42.7. The standard InChI is InChI=1S/C17H10N.C14H16NSi.B.Ir.Y/c1-2-7-14(8-3-1)15-9-6-10-16(13-15)17-11-4-5-12-18-17;1-16(2,3)13-9-10-14(15-11-13)12-7-5-4-6-8-12;;;/h1-7,9,11-12H;4-7,9-11H,1-3H3;;;/q-3;-1;;;. The van der Waals surface area contributed by atoms with Gasteiger partial charge in [-0.25, -0.2) is 6.07 Å². The van der Waals surface area contributed by atoms with Gasteiger partial charge in [-0.2, -0.15) is 5.56 Å². The van der Waals surface area contributed by atoms with Gasteiger partial charge < -0.3 is 16.0 Å². The topological polar surface area (TPSA) is 25.8 Å². The maximum absolute atomic E-state index is 4.52. The van der Waals surface area contributed by atoms with Crippen molar-refractivity contribution in [2.24, 2.45) is 0 Å². The minimum Gasteiger partial charge on any atom is -0.352 e. The molecule has 5 radical (unpaired) electrons. The van der Waals surface area contributed by atoms with Gasteiger partial charge in [0.05, 0.1) is 8.07 Å². The van der Waals surface area contributed by atoms with Crippen LogP contribution in [0.1, 0.15) is 0 Å². The average Bonchev–Trinajstić information content (AvgIpc) is 2.90. The number of pyridine rings is 2. The van der Waals surface area contributed by atoms with E-state index in [-0.39, 0.29) is 61.2 Å². The molecule has 0 bridgehead atoms. The summed E-state index contributed by atoms with van der Waals surface area (Å²) in [5.74, 6) is 0. The Balaban J connectivity index is 0.000000344. The predicted octanol–water partition coefficient (Wildman–Crippen LogP) is 6.52. The monoisotopic (exact) mass is 747 g/mol. The molecule has 3 aromatic carbocycles. The maximum Gasteiger partial charge on any atom is 0.0795 e. The van der Waals surface area contributed by atoms with Crippen molar-refractivity contribution in [3.05, 3.63) is 128 Å². The Morgan fingerprint density at radius 2 is 1.30 bits per heavy atom. The van der Waals surface area contributed by atoms with Crippen molar-refractivity contribution in [1.82, 2.24) is 9.97 Å². The molecule has 0 spiro atoms. The fourth-order valence-corrected chi connectivity index (χ4v) is 4.37. The van der Waals surface area contributed by atoms with Crippen LogP contribution in [0.2, 0.25) is 19.6 Å². The molecule has 0 saturated heterocycles. The molecule has 183 valence electrons. The Kier molecular flexibility index (Phi) is 14.3. The van der Waals surface area contributed by atoms with Gasteiger partial charge in [-0.1, -0.05) is 43.5 Å². The molecule has 0 atom stereocenters. The van der Waals surface area contributed by atoms with Crippen LogP contribution in [-0.4, -0.2) is 26.5 Å². The number of benzene rings is 3. The van der Waals surface area contributed by atoms with Gasteiger partial charge in [0.15, 0.2) is 0 Å². The SMILES string of the molecule is C[Si](C)(C)c1ccc(-c2[c-]cccc2)nc1.[B].[Ir].[Y].[c-]1ccc(-c2[c-]cccc2)[c-]c1-c1ccccn1. The van der Waals surface area contributed by atoms with E-state index < -0.39 is 8.07 Å². The Morgan fingerprint density at radius 1 is 0.622 bits per heavy atom. The minimum atomic E-state index is -1.23. The number of hydrogen-bond donors (Lipinski definition) is 0. The van der Waals surface area contributed by atoms with Crippen molar-refractivity contribution in [2.45, 2.75) is 19.6 Å². The van der Waals surface area contributed by atoms with Crippen molar-refractivity contribution in [3.8, 4) is 33.6 Å². The third kappa shape index (κ3) is 9.67. The summed E-state index contributed by atoms with van der Waals surface area (Å²) in [5.41, 5.74) is 5.87. The molecule has 0 fully saturated rings. The van der Waals surface area contributed by atoms with Crippen LogP contribution in [0.25, 0.3) is 33.6 Å². The first-order valence-electron chi connectivity index (χ1n) is 11.3. The van der Waals surface area contributed by atoms with Crippen molar-refractivity contribution in [1.29, 1.82) is 0 Å². The second-order valence-corrected chi connectivity index (χ2v) is 13.9. The molecule has 0 unspecified atom stereocenters. The normalized spacial score (nSPS) is 9.92. The number of nitrogens with zero attached hydrogens (tertiary/aromatic N) is 2. The van der Waals surface area contributed by atoms with Crippen LogP contribution in [0.15, 0.2) is 103 Å². The maximum atomic E-state index is 4.52. The zero-order valence-electron chi connectivity index (χ0n) is 21.2. The van der Waals surface area contributed by atoms with Crippen LogP contribution in [0, 0.1) is 24.3 Å². The van der Waals surface area contributed by atoms with Gasteiger partial charge in [0.25, 0.3) is 0 Å². The number of aromatic nitrogens is 2. The molecule has 37 heavy (non-hydrogen) atoms. The van der Waals surface area contributed by atoms with Crippen LogP contribution >= 0.6 is 0 Å². The minimum absolute atomic E-state index is 0.